The fourth-order valence-corrected chi connectivity index (χ4v) is 4.75. The Hall–Kier alpha value is -1.13. The van der Waals surface area contributed by atoms with E-state index in [1.807, 2.05) is 17.0 Å². The van der Waals surface area contributed by atoms with Crippen LogP contribution in [-0.4, -0.2) is 57.1 Å². The molecular weight excluding hydrogens is 522 g/mol. The lowest BCUT2D eigenvalue weighted by molar-refractivity contribution is 0.138. The highest BCUT2D eigenvalue weighted by molar-refractivity contribution is 14.0. The number of halogens is 2. The van der Waals surface area contributed by atoms with Crippen LogP contribution in [0.2, 0.25) is 0 Å². The van der Waals surface area contributed by atoms with Crippen LogP contribution in [0.5, 0.6) is 0 Å². The average Bonchev–Trinajstić information content (AvgIpc) is 3.24. The molecule has 0 spiro atoms. The van der Waals surface area contributed by atoms with Crippen LogP contribution in [0.4, 0.5) is 10.1 Å². The Bertz CT molecular complexity index is 720. The molecule has 2 aliphatic rings. The minimum Gasteiger partial charge on any atom is -0.393 e. The Morgan fingerprint density at radius 2 is 1.97 bits per heavy atom. The fraction of sp³-hybridized carbons (Fsp3) is 0.708. The van der Waals surface area contributed by atoms with E-state index in [0.29, 0.717) is 38.2 Å². The van der Waals surface area contributed by atoms with E-state index in [0.717, 1.165) is 37.6 Å². The van der Waals surface area contributed by atoms with Crippen LogP contribution in [0.25, 0.3) is 0 Å². The van der Waals surface area contributed by atoms with E-state index in [1.165, 1.54) is 25.7 Å². The number of nitrogens with one attached hydrogen (secondary N) is 2. The molecule has 3 rings (SSSR count). The molecule has 1 heterocycles. The SMILES string of the molecule is CCNC(=NCc1ccc(N2CCC(O)CC2)c(F)c1)NCC1(CCOC)CCCC1.I. The molecule has 0 amide bonds. The standard InChI is InChI=1S/C24H39FN4O2.HI/c1-3-26-23(28-18-24(12-15-31-2)10-4-5-11-24)27-17-19-6-7-22(21(25)16-19)29-13-8-20(30)9-14-29;/h6-7,16,20,30H,3-5,8-15,17-18H2,1-2H3,(H2,26,27,28);1H. The fourth-order valence-electron chi connectivity index (χ4n) is 4.75. The number of rotatable bonds is 9. The minimum atomic E-state index is -0.261. The van der Waals surface area contributed by atoms with Crippen LogP contribution >= 0.6 is 24.0 Å². The van der Waals surface area contributed by atoms with Crippen molar-refractivity contribution in [2.24, 2.45) is 10.4 Å². The number of methoxy groups -OCH3 is 1. The van der Waals surface area contributed by atoms with E-state index in [4.69, 9.17) is 9.73 Å². The number of guanidine groups is 1. The second-order valence-corrected chi connectivity index (χ2v) is 9.00. The first-order valence-electron chi connectivity index (χ1n) is 11.8. The molecule has 1 aromatic carbocycles. The number of aliphatic imine (C=N–C) groups is 1. The van der Waals surface area contributed by atoms with Crippen LogP contribution in [0.1, 0.15) is 57.4 Å². The van der Waals surface area contributed by atoms with Crippen molar-refractivity contribution >= 4 is 35.6 Å². The summed E-state index contributed by atoms with van der Waals surface area (Å²) in [6.07, 6.45) is 7.19. The van der Waals surface area contributed by atoms with Crippen LogP contribution in [0.3, 0.4) is 0 Å². The van der Waals surface area contributed by atoms with Gasteiger partial charge in [-0.25, -0.2) is 9.38 Å². The molecule has 182 valence electrons. The summed E-state index contributed by atoms with van der Waals surface area (Å²) >= 11 is 0. The Kier molecular flexibility index (Phi) is 11.5. The zero-order valence-electron chi connectivity index (χ0n) is 19.5. The summed E-state index contributed by atoms with van der Waals surface area (Å²) in [5.74, 6) is 0.562. The van der Waals surface area contributed by atoms with Crippen molar-refractivity contribution in [3.8, 4) is 0 Å². The van der Waals surface area contributed by atoms with Crippen LogP contribution in [0.15, 0.2) is 23.2 Å². The number of ether oxygens (including phenoxy) is 1. The van der Waals surface area contributed by atoms with Crippen molar-refractivity contribution in [2.45, 2.75) is 64.5 Å². The molecule has 0 aromatic heterocycles. The first-order chi connectivity index (χ1) is 15.0. The van der Waals surface area contributed by atoms with Crippen molar-refractivity contribution in [3.63, 3.8) is 0 Å². The number of hydrogen-bond donors (Lipinski definition) is 3. The molecule has 0 atom stereocenters. The predicted molar refractivity (Wildman–Crippen MR) is 139 cm³/mol. The summed E-state index contributed by atoms with van der Waals surface area (Å²) in [4.78, 5) is 6.71. The van der Waals surface area contributed by atoms with Gasteiger partial charge >= 0.3 is 0 Å². The van der Waals surface area contributed by atoms with E-state index in [1.54, 1.807) is 13.2 Å². The third-order valence-corrected chi connectivity index (χ3v) is 6.71. The molecule has 2 fully saturated rings. The zero-order chi connectivity index (χ0) is 22.1. The van der Waals surface area contributed by atoms with Crippen molar-refractivity contribution in [3.05, 3.63) is 29.6 Å². The smallest absolute Gasteiger partial charge is 0.191 e. The van der Waals surface area contributed by atoms with Gasteiger partial charge in [0.2, 0.25) is 0 Å². The highest BCUT2D eigenvalue weighted by atomic mass is 127. The molecular formula is C24H40FIN4O2. The predicted octanol–water partition coefficient (Wildman–Crippen LogP) is 4.06. The van der Waals surface area contributed by atoms with Crippen LogP contribution in [0, 0.1) is 11.2 Å². The van der Waals surface area contributed by atoms with Crippen molar-refractivity contribution in [1.29, 1.82) is 0 Å². The number of piperidine rings is 1. The summed E-state index contributed by atoms with van der Waals surface area (Å²) in [6.45, 7) is 6.32. The molecule has 1 aliphatic heterocycles. The van der Waals surface area contributed by atoms with E-state index in [9.17, 15) is 9.50 Å². The van der Waals surface area contributed by atoms with E-state index < -0.39 is 0 Å². The molecule has 1 aromatic rings. The van der Waals surface area contributed by atoms with Gasteiger partial charge in [0, 0.05) is 39.9 Å². The molecule has 6 nitrogen and oxygen atoms in total. The minimum absolute atomic E-state index is 0. The monoisotopic (exact) mass is 562 g/mol. The summed E-state index contributed by atoms with van der Waals surface area (Å²) in [5.41, 5.74) is 1.75. The van der Waals surface area contributed by atoms with Crippen LogP contribution in [-0.2, 0) is 11.3 Å². The molecule has 0 bridgehead atoms. The lowest BCUT2D eigenvalue weighted by Gasteiger charge is -2.31. The van der Waals surface area contributed by atoms with Gasteiger partial charge in [-0.2, -0.15) is 0 Å². The normalized spacial score (nSPS) is 19.0. The Balaban J connectivity index is 0.00000363. The summed E-state index contributed by atoms with van der Waals surface area (Å²) in [6, 6.07) is 5.38. The largest absolute Gasteiger partial charge is 0.393 e. The maximum atomic E-state index is 14.7. The first-order valence-corrected chi connectivity index (χ1v) is 11.8. The molecule has 3 N–H and O–H groups in total. The molecule has 1 saturated carbocycles. The second-order valence-electron chi connectivity index (χ2n) is 9.00. The lowest BCUT2D eigenvalue weighted by atomic mass is 9.83. The van der Waals surface area contributed by atoms with Crippen molar-refractivity contribution in [2.75, 3.05) is 44.8 Å². The lowest BCUT2D eigenvalue weighted by Crippen LogP contribution is -2.43. The van der Waals surface area contributed by atoms with Crippen molar-refractivity contribution in [1.82, 2.24) is 10.6 Å². The number of anilines is 1. The highest BCUT2D eigenvalue weighted by Crippen LogP contribution is 2.40. The van der Waals surface area contributed by atoms with Gasteiger partial charge in [0.1, 0.15) is 5.82 Å². The average molecular weight is 563 g/mol. The highest BCUT2D eigenvalue weighted by Gasteiger charge is 2.33. The molecule has 8 heteroatoms. The molecule has 1 saturated heterocycles. The summed E-state index contributed by atoms with van der Waals surface area (Å²) in [5, 5.41) is 16.5. The van der Waals surface area contributed by atoms with E-state index in [-0.39, 0.29) is 41.3 Å². The zero-order valence-corrected chi connectivity index (χ0v) is 21.9. The van der Waals surface area contributed by atoms with Gasteiger partial charge in [-0.1, -0.05) is 18.9 Å². The maximum Gasteiger partial charge on any atom is 0.191 e. The third kappa shape index (κ3) is 7.73. The molecule has 0 radical (unpaired) electrons. The summed E-state index contributed by atoms with van der Waals surface area (Å²) < 4.78 is 20.1. The third-order valence-electron chi connectivity index (χ3n) is 6.71. The van der Waals surface area contributed by atoms with Gasteiger partial charge in [-0.05, 0) is 62.1 Å². The second kappa shape index (κ2) is 13.5. The maximum absolute atomic E-state index is 14.7. The van der Waals surface area contributed by atoms with Gasteiger partial charge in [0.05, 0.1) is 18.3 Å². The topological polar surface area (TPSA) is 69.1 Å². The Labute approximate surface area is 209 Å². The first kappa shape index (κ1) is 27.1. The quantitative estimate of drug-likeness (QED) is 0.241. The Morgan fingerprint density at radius 1 is 1.25 bits per heavy atom. The van der Waals surface area contributed by atoms with Gasteiger partial charge in [0.25, 0.3) is 0 Å². The van der Waals surface area contributed by atoms with Gasteiger partial charge < -0.3 is 25.4 Å². The molecule has 1 aliphatic carbocycles. The number of nitrogens with zero attached hydrogens (tertiary/aromatic N) is 2. The van der Waals surface area contributed by atoms with Crippen molar-refractivity contribution < 1.29 is 14.2 Å². The Morgan fingerprint density at radius 3 is 2.59 bits per heavy atom. The van der Waals surface area contributed by atoms with Gasteiger partial charge in [0.15, 0.2) is 5.96 Å². The van der Waals surface area contributed by atoms with Gasteiger partial charge in [-0.3, -0.25) is 0 Å². The summed E-state index contributed by atoms with van der Waals surface area (Å²) in [7, 11) is 1.76. The number of aliphatic hydroxyl groups is 1. The number of benzene rings is 1. The van der Waals surface area contributed by atoms with Crippen LogP contribution < -0.4 is 15.5 Å². The number of hydrogen-bond acceptors (Lipinski definition) is 4. The molecule has 0 unspecified atom stereocenters. The van der Waals surface area contributed by atoms with E-state index >= 15 is 0 Å². The molecule has 32 heavy (non-hydrogen) atoms. The van der Waals surface area contributed by atoms with E-state index in [2.05, 4.69) is 17.6 Å². The number of aliphatic hydroxyl groups excluding tert-OH is 1. The van der Waals surface area contributed by atoms with Gasteiger partial charge in [-0.15, -0.1) is 24.0 Å².